The quantitative estimate of drug-likeness (QED) is 0.783. The predicted octanol–water partition coefficient (Wildman–Crippen LogP) is 1.98. The Morgan fingerprint density at radius 3 is 2.33 bits per heavy atom. The maximum atomic E-state index is 12.2. The van der Waals surface area contributed by atoms with E-state index in [-0.39, 0.29) is 23.4 Å². The Bertz CT molecular complexity index is 841. The molecule has 0 fully saturated rings. The molecule has 0 saturated carbocycles. The molecule has 0 heterocycles. The number of carbonyl (C=O) groups excluding carboxylic acids is 1. The van der Waals surface area contributed by atoms with Crippen LogP contribution in [0, 0.1) is 11.3 Å². The van der Waals surface area contributed by atoms with Gasteiger partial charge in [0.25, 0.3) is 5.91 Å². The molecule has 7 heteroatoms. The lowest BCUT2D eigenvalue weighted by Crippen LogP contribution is -2.27. The highest BCUT2D eigenvalue weighted by molar-refractivity contribution is 7.89. The van der Waals surface area contributed by atoms with Gasteiger partial charge >= 0.3 is 0 Å². The number of amides is 1. The van der Waals surface area contributed by atoms with Gasteiger partial charge in [-0.2, -0.15) is 9.98 Å². The number of sulfonamides is 1. The molecule has 1 atom stereocenters. The number of hydrogen-bond donors (Lipinski definition) is 2. The van der Waals surface area contributed by atoms with Crippen molar-refractivity contribution in [3.8, 4) is 6.07 Å². The van der Waals surface area contributed by atoms with Crippen molar-refractivity contribution in [3.63, 3.8) is 0 Å². The Hall–Kier alpha value is -2.69. The topological polar surface area (TPSA) is 99.1 Å². The molecule has 0 bridgehead atoms. The van der Waals surface area contributed by atoms with Crippen LogP contribution in [-0.2, 0) is 10.0 Å². The number of nitrogens with one attached hydrogen (secondary N) is 2. The van der Waals surface area contributed by atoms with E-state index in [0.29, 0.717) is 5.56 Å². The summed E-state index contributed by atoms with van der Waals surface area (Å²) in [6, 6.07) is 16.6. The van der Waals surface area contributed by atoms with Crippen LogP contribution < -0.4 is 10.0 Å². The third kappa shape index (κ3) is 4.41. The summed E-state index contributed by atoms with van der Waals surface area (Å²) < 4.78 is 25.9. The van der Waals surface area contributed by atoms with E-state index in [2.05, 4.69) is 10.0 Å². The first-order chi connectivity index (χ1) is 11.4. The van der Waals surface area contributed by atoms with Crippen molar-refractivity contribution in [1.29, 1.82) is 5.26 Å². The Morgan fingerprint density at radius 2 is 1.75 bits per heavy atom. The molecular formula is C17H17N3O3S. The van der Waals surface area contributed by atoms with Crippen molar-refractivity contribution >= 4 is 15.9 Å². The van der Waals surface area contributed by atoms with Gasteiger partial charge < -0.3 is 5.32 Å². The van der Waals surface area contributed by atoms with Crippen molar-refractivity contribution in [2.75, 3.05) is 6.54 Å². The monoisotopic (exact) mass is 343 g/mol. The minimum atomic E-state index is -3.74. The highest BCUT2D eigenvalue weighted by atomic mass is 32.2. The first-order valence-electron chi connectivity index (χ1n) is 7.26. The number of benzene rings is 2. The van der Waals surface area contributed by atoms with Gasteiger partial charge in [-0.25, -0.2) is 8.42 Å². The molecule has 1 unspecified atom stereocenters. The fourth-order valence-corrected chi connectivity index (χ4v) is 3.02. The summed E-state index contributed by atoms with van der Waals surface area (Å²) in [4.78, 5) is 12.2. The minimum Gasteiger partial charge on any atom is -0.346 e. The molecule has 2 rings (SSSR count). The zero-order valence-electron chi connectivity index (χ0n) is 13.1. The molecule has 0 aliphatic heterocycles. The predicted molar refractivity (Wildman–Crippen MR) is 89.6 cm³/mol. The van der Waals surface area contributed by atoms with Crippen LogP contribution >= 0.6 is 0 Å². The van der Waals surface area contributed by atoms with Crippen LogP contribution in [0.4, 0.5) is 0 Å². The molecule has 24 heavy (non-hydrogen) atoms. The van der Waals surface area contributed by atoms with E-state index < -0.39 is 10.0 Å². The first-order valence-corrected chi connectivity index (χ1v) is 8.75. The highest BCUT2D eigenvalue weighted by Gasteiger charge is 2.15. The van der Waals surface area contributed by atoms with Crippen molar-refractivity contribution < 1.29 is 13.2 Å². The molecule has 0 saturated heterocycles. The Balaban J connectivity index is 2.08. The summed E-state index contributed by atoms with van der Waals surface area (Å²) >= 11 is 0. The van der Waals surface area contributed by atoms with E-state index in [1.54, 1.807) is 6.07 Å². The van der Waals surface area contributed by atoms with Gasteiger partial charge in [0, 0.05) is 5.56 Å². The number of nitriles is 1. The smallest absolute Gasteiger partial charge is 0.251 e. The fraction of sp³-hybridized carbons (Fsp3) is 0.176. The molecule has 0 radical (unpaired) electrons. The highest BCUT2D eigenvalue weighted by Crippen LogP contribution is 2.14. The van der Waals surface area contributed by atoms with Crippen molar-refractivity contribution in [3.05, 3.63) is 65.7 Å². The van der Waals surface area contributed by atoms with Gasteiger partial charge in [0.15, 0.2) is 0 Å². The van der Waals surface area contributed by atoms with Gasteiger partial charge in [-0.1, -0.05) is 30.3 Å². The van der Waals surface area contributed by atoms with Crippen molar-refractivity contribution in [2.24, 2.45) is 0 Å². The molecule has 0 aliphatic carbocycles. The summed E-state index contributed by atoms with van der Waals surface area (Å²) in [6.45, 7) is 1.57. The van der Waals surface area contributed by atoms with Gasteiger partial charge in [-0.3, -0.25) is 4.79 Å². The van der Waals surface area contributed by atoms with Gasteiger partial charge in [0.1, 0.15) is 0 Å². The third-order valence-corrected chi connectivity index (χ3v) is 4.83. The van der Waals surface area contributed by atoms with E-state index in [9.17, 15) is 13.2 Å². The van der Waals surface area contributed by atoms with Crippen molar-refractivity contribution in [1.82, 2.24) is 10.0 Å². The second-order valence-electron chi connectivity index (χ2n) is 5.11. The molecule has 0 aromatic heterocycles. The molecule has 1 amide bonds. The van der Waals surface area contributed by atoms with Gasteiger partial charge in [-0.05, 0) is 36.8 Å². The molecule has 2 N–H and O–H groups in total. The Morgan fingerprint density at radius 1 is 1.12 bits per heavy atom. The lowest BCUT2D eigenvalue weighted by Gasteiger charge is -2.14. The maximum Gasteiger partial charge on any atom is 0.251 e. The minimum absolute atomic E-state index is 0.00501. The summed E-state index contributed by atoms with van der Waals surface area (Å²) in [6.07, 6.45) is 0. The summed E-state index contributed by atoms with van der Waals surface area (Å²) in [5.41, 5.74) is 1.34. The summed E-state index contributed by atoms with van der Waals surface area (Å²) in [7, 11) is -3.74. The van der Waals surface area contributed by atoms with Gasteiger partial charge in [0.05, 0.1) is 23.6 Å². The van der Waals surface area contributed by atoms with E-state index in [1.165, 1.54) is 24.3 Å². The lowest BCUT2D eigenvalue weighted by molar-refractivity contribution is 0.0940. The number of hydrogen-bond acceptors (Lipinski definition) is 4. The third-order valence-electron chi connectivity index (χ3n) is 3.42. The van der Waals surface area contributed by atoms with Crippen LogP contribution in [0.3, 0.4) is 0 Å². The van der Waals surface area contributed by atoms with E-state index >= 15 is 0 Å². The number of rotatable bonds is 6. The zero-order valence-corrected chi connectivity index (χ0v) is 13.9. The van der Waals surface area contributed by atoms with E-state index in [4.69, 9.17) is 5.26 Å². The lowest BCUT2D eigenvalue weighted by atomic mass is 10.1. The van der Waals surface area contributed by atoms with E-state index in [0.717, 1.165) is 5.56 Å². The SMILES string of the molecule is CC(NC(=O)c1ccc(S(=O)(=O)NCC#N)cc1)c1ccccc1. The molecule has 0 spiro atoms. The summed E-state index contributed by atoms with van der Waals surface area (Å²) in [5.74, 6) is -0.291. The average molecular weight is 343 g/mol. The van der Waals surface area contributed by atoms with Crippen LogP contribution in [0.15, 0.2) is 59.5 Å². The second-order valence-corrected chi connectivity index (χ2v) is 6.88. The Kier molecular flexibility index (Phi) is 5.68. The molecule has 124 valence electrons. The number of nitrogens with zero attached hydrogens (tertiary/aromatic N) is 1. The van der Waals surface area contributed by atoms with Crippen LogP contribution in [0.25, 0.3) is 0 Å². The van der Waals surface area contributed by atoms with Crippen LogP contribution in [0.5, 0.6) is 0 Å². The molecule has 2 aromatic carbocycles. The molecule has 0 aliphatic rings. The standard InChI is InChI=1S/C17H17N3O3S/c1-13(14-5-3-2-4-6-14)20-17(21)15-7-9-16(10-8-15)24(22,23)19-12-11-18/h2-10,13,19H,12H2,1H3,(H,20,21). The number of carbonyl (C=O) groups is 1. The average Bonchev–Trinajstić information content (AvgIpc) is 2.60. The van der Waals surface area contributed by atoms with Gasteiger partial charge in [-0.15, -0.1) is 0 Å². The van der Waals surface area contributed by atoms with Crippen LogP contribution in [0.2, 0.25) is 0 Å². The zero-order chi connectivity index (χ0) is 17.6. The largest absolute Gasteiger partial charge is 0.346 e. The molecule has 2 aromatic rings. The second kappa shape index (κ2) is 7.73. The molecule has 6 nitrogen and oxygen atoms in total. The maximum absolute atomic E-state index is 12.2. The summed E-state index contributed by atoms with van der Waals surface area (Å²) in [5, 5.41) is 11.3. The normalized spacial score (nSPS) is 12.2. The van der Waals surface area contributed by atoms with Gasteiger partial charge in [0.2, 0.25) is 10.0 Å². The Labute approximate surface area is 141 Å². The van der Waals surface area contributed by atoms with E-state index in [1.807, 2.05) is 37.3 Å². The van der Waals surface area contributed by atoms with Crippen molar-refractivity contribution in [2.45, 2.75) is 17.9 Å². The van der Waals surface area contributed by atoms with Crippen LogP contribution in [0.1, 0.15) is 28.9 Å². The van der Waals surface area contributed by atoms with Crippen LogP contribution in [-0.4, -0.2) is 20.9 Å². The molecular weight excluding hydrogens is 326 g/mol. The fourth-order valence-electron chi connectivity index (χ4n) is 2.10. The first kappa shape index (κ1) is 17.7.